The minimum atomic E-state index is 0.242. The lowest BCUT2D eigenvalue weighted by Gasteiger charge is -2.46. The van der Waals surface area contributed by atoms with Gasteiger partial charge in [-0.25, -0.2) is 0 Å². The highest BCUT2D eigenvalue weighted by molar-refractivity contribution is 4.90. The molecule has 1 aliphatic heterocycles. The van der Waals surface area contributed by atoms with E-state index >= 15 is 0 Å². The van der Waals surface area contributed by atoms with Crippen LogP contribution in [-0.2, 0) is 4.74 Å². The second-order valence-corrected chi connectivity index (χ2v) is 6.67. The van der Waals surface area contributed by atoms with Crippen LogP contribution in [0, 0.1) is 5.41 Å². The van der Waals surface area contributed by atoms with Crippen molar-refractivity contribution >= 4 is 0 Å². The third-order valence-corrected chi connectivity index (χ3v) is 3.20. The average molecular weight is 213 g/mol. The van der Waals surface area contributed by atoms with E-state index in [1.165, 1.54) is 0 Å². The van der Waals surface area contributed by atoms with Gasteiger partial charge in [0.1, 0.15) is 0 Å². The molecule has 1 saturated heterocycles. The fraction of sp³-hybridized carbons (Fsp3) is 1.00. The second kappa shape index (κ2) is 4.42. The predicted molar refractivity (Wildman–Crippen MR) is 65.1 cm³/mol. The number of rotatable bonds is 0. The summed E-state index contributed by atoms with van der Waals surface area (Å²) in [6.07, 6.45) is 1.16. The Hall–Kier alpha value is -0.0800. The van der Waals surface area contributed by atoms with E-state index in [-0.39, 0.29) is 11.0 Å². The van der Waals surface area contributed by atoms with Crippen molar-refractivity contribution in [2.24, 2.45) is 5.41 Å². The van der Waals surface area contributed by atoms with Crippen molar-refractivity contribution in [2.75, 3.05) is 19.8 Å². The lowest BCUT2D eigenvalue weighted by Crippen LogP contribution is -2.54. The van der Waals surface area contributed by atoms with Crippen LogP contribution in [0.25, 0.3) is 0 Å². The van der Waals surface area contributed by atoms with E-state index in [0.29, 0.717) is 6.04 Å². The molecule has 15 heavy (non-hydrogen) atoms. The highest BCUT2D eigenvalue weighted by Gasteiger charge is 2.37. The summed E-state index contributed by atoms with van der Waals surface area (Å²) in [5, 5.41) is 0. The van der Waals surface area contributed by atoms with Gasteiger partial charge in [-0.15, -0.1) is 0 Å². The molecule has 2 heteroatoms. The molecule has 0 aromatic carbocycles. The Kier molecular flexibility index (Phi) is 3.83. The molecule has 1 aliphatic rings. The SMILES string of the molecule is CC(C)(C)[C@H]1COCCCN1C(C)(C)C. The maximum absolute atomic E-state index is 5.72. The van der Waals surface area contributed by atoms with Crippen molar-refractivity contribution in [1.82, 2.24) is 4.90 Å². The van der Waals surface area contributed by atoms with Crippen LogP contribution in [0.1, 0.15) is 48.0 Å². The van der Waals surface area contributed by atoms with Crippen LogP contribution >= 0.6 is 0 Å². The lowest BCUT2D eigenvalue weighted by atomic mass is 9.84. The van der Waals surface area contributed by atoms with Gasteiger partial charge in [-0.05, 0) is 32.6 Å². The van der Waals surface area contributed by atoms with Gasteiger partial charge in [0.05, 0.1) is 6.61 Å². The molecule has 1 heterocycles. The third kappa shape index (κ3) is 3.46. The average Bonchev–Trinajstić information content (AvgIpc) is 2.24. The van der Waals surface area contributed by atoms with Gasteiger partial charge in [0.25, 0.3) is 0 Å². The van der Waals surface area contributed by atoms with E-state index < -0.39 is 0 Å². The Balaban J connectivity index is 2.86. The van der Waals surface area contributed by atoms with Gasteiger partial charge in [-0.2, -0.15) is 0 Å². The van der Waals surface area contributed by atoms with Crippen molar-refractivity contribution in [3.8, 4) is 0 Å². The molecular weight excluding hydrogens is 186 g/mol. The quantitative estimate of drug-likeness (QED) is 0.613. The molecule has 0 bridgehead atoms. The largest absolute Gasteiger partial charge is 0.380 e. The molecule has 0 aromatic heterocycles. The van der Waals surface area contributed by atoms with Crippen LogP contribution in [0.2, 0.25) is 0 Å². The van der Waals surface area contributed by atoms with E-state index in [1.807, 2.05) is 0 Å². The monoisotopic (exact) mass is 213 g/mol. The van der Waals surface area contributed by atoms with E-state index in [0.717, 1.165) is 26.2 Å². The minimum absolute atomic E-state index is 0.242. The highest BCUT2D eigenvalue weighted by atomic mass is 16.5. The Morgan fingerprint density at radius 1 is 1.07 bits per heavy atom. The summed E-state index contributed by atoms with van der Waals surface area (Å²) in [7, 11) is 0. The molecule has 0 spiro atoms. The minimum Gasteiger partial charge on any atom is -0.380 e. The van der Waals surface area contributed by atoms with E-state index in [4.69, 9.17) is 4.74 Å². The van der Waals surface area contributed by atoms with Crippen molar-refractivity contribution in [3.05, 3.63) is 0 Å². The molecule has 1 fully saturated rings. The Morgan fingerprint density at radius 2 is 1.67 bits per heavy atom. The number of hydrogen-bond acceptors (Lipinski definition) is 2. The summed E-state index contributed by atoms with van der Waals surface area (Å²) >= 11 is 0. The fourth-order valence-corrected chi connectivity index (χ4v) is 2.30. The highest BCUT2D eigenvalue weighted by Crippen LogP contribution is 2.31. The van der Waals surface area contributed by atoms with E-state index in [9.17, 15) is 0 Å². The molecule has 90 valence electrons. The molecule has 1 atom stereocenters. The van der Waals surface area contributed by atoms with Gasteiger partial charge >= 0.3 is 0 Å². The lowest BCUT2D eigenvalue weighted by molar-refractivity contribution is -0.00355. The van der Waals surface area contributed by atoms with Gasteiger partial charge in [0.2, 0.25) is 0 Å². The predicted octanol–water partition coefficient (Wildman–Crippen LogP) is 2.92. The fourth-order valence-electron chi connectivity index (χ4n) is 2.30. The Morgan fingerprint density at radius 3 is 2.13 bits per heavy atom. The summed E-state index contributed by atoms with van der Waals surface area (Å²) in [6.45, 7) is 16.8. The van der Waals surface area contributed by atoms with Gasteiger partial charge in [0, 0.05) is 24.7 Å². The normalized spacial score (nSPS) is 26.4. The van der Waals surface area contributed by atoms with Crippen molar-refractivity contribution in [1.29, 1.82) is 0 Å². The van der Waals surface area contributed by atoms with Crippen LogP contribution in [-0.4, -0.2) is 36.2 Å². The van der Waals surface area contributed by atoms with Gasteiger partial charge in [-0.3, -0.25) is 4.90 Å². The van der Waals surface area contributed by atoms with Gasteiger partial charge in [0.15, 0.2) is 0 Å². The summed E-state index contributed by atoms with van der Waals surface area (Å²) < 4.78 is 5.72. The third-order valence-electron chi connectivity index (χ3n) is 3.20. The maximum Gasteiger partial charge on any atom is 0.0627 e. The number of hydrogen-bond donors (Lipinski definition) is 0. The first kappa shape index (κ1) is 13.0. The van der Waals surface area contributed by atoms with E-state index in [2.05, 4.69) is 46.4 Å². The Labute approximate surface area is 95.0 Å². The smallest absolute Gasteiger partial charge is 0.0627 e. The molecular formula is C13H27NO. The summed E-state index contributed by atoms with van der Waals surface area (Å²) in [5.41, 5.74) is 0.531. The maximum atomic E-state index is 5.72. The molecule has 0 unspecified atom stereocenters. The van der Waals surface area contributed by atoms with Crippen molar-refractivity contribution in [2.45, 2.75) is 59.5 Å². The van der Waals surface area contributed by atoms with Gasteiger partial charge in [-0.1, -0.05) is 20.8 Å². The van der Waals surface area contributed by atoms with Crippen molar-refractivity contribution < 1.29 is 4.74 Å². The van der Waals surface area contributed by atoms with Gasteiger partial charge < -0.3 is 4.74 Å². The molecule has 0 N–H and O–H groups in total. The molecule has 0 saturated carbocycles. The molecule has 2 nitrogen and oxygen atoms in total. The zero-order valence-electron chi connectivity index (χ0n) is 11.3. The topological polar surface area (TPSA) is 12.5 Å². The van der Waals surface area contributed by atoms with Crippen LogP contribution in [0.4, 0.5) is 0 Å². The van der Waals surface area contributed by atoms with Crippen LogP contribution < -0.4 is 0 Å². The number of nitrogens with zero attached hydrogens (tertiary/aromatic N) is 1. The zero-order chi connectivity index (χ0) is 11.7. The Bertz CT molecular complexity index is 178. The van der Waals surface area contributed by atoms with Crippen LogP contribution in [0.5, 0.6) is 0 Å². The zero-order valence-corrected chi connectivity index (χ0v) is 11.3. The number of ether oxygens (including phenoxy) is 1. The molecule has 1 rings (SSSR count). The summed E-state index contributed by atoms with van der Waals surface area (Å²) in [6, 6.07) is 0.528. The first-order chi connectivity index (χ1) is 6.73. The van der Waals surface area contributed by atoms with E-state index in [1.54, 1.807) is 0 Å². The molecule has 0 aliphatic carbocycles. The standard InChI is InChI=1S/C13H27NO/c1-12(2,3)11-10-15-9-7-8-14(11)13(4,5)6/h11H,7-10H2,1-6H3/t11-/m1/s1. The van der Waals surface area contributed by atoms with Crippen molar-refractivity contribution in [3.63, 3.8) is 0 Å². The summed E-state index contributed by atoms with van der Waals surface area (Å²) in [5.74, 6) is 0. The first-order valence-corrected chi connectivity index (χ1v) is 6.07. The van der Waals surface area contributed by atoms with Crippen LogP contribution in [0.15, 0.2) is 0 Å². The first-order valence-electron chi connectivity index (χ1n) is 6.07. The summed E-state index contributed by atoms with van der Waals surface area (Å²) in [4.78, 5) is 2.61. The molecule has 0 aromatic rings. The van der Waals surface area contributed by atoms with Crippen LogP contribution in [0.3, 0.4) is 0 Å². The molecule has 0 amide bonds. The second-order valence-electron chi connectivity index (χ2n) is 6.67. The molecule has 0 radical (unpaired) electrons.